The summed E-state index contributed by atoms with van der Waals surface area (Å²) < 4.78 is 13.3. The predicted molar refractivity (Wildman–Crippen MR) is 138 cm³/mol. The van der Waals surface area contributed by atoms with Gasteiger partial charge in [-0.2, -0.15) is 0 Å². The lowest BCUT2D eigenvalue weighted by Gasteiger charge is -2.54. The average Bonchev–Trinajstić information content (AvgIpc) is 2.92. The predicted octanol–water partition coefficient (Wildman–Crippen LogP) is 5.97. The zero-order chi connectivity index (χ0) is 24.0. The van der Waals surface area contributed by atoms with Crippen molar-refractivity contribution in [1.29, 1.82) is 0 Å². The molecule has 3 aliphatic heterocycles. The Morgan fingerprint density at radius 1 is 0.771 bits per heavy atom. The fourth-order valence-electron chi connectivity index (χ4n) is 5.88. The molecule has 3 aliphatic rings. The van der Waals surface area contributed by atoms with E-state index in [4.69, 9.17) is 9.47 Å². The Kier molecular flexibility index (Phi) is 7.19. The average molecular weight is 471 g/mol. The third kappa shape index (κ3) is 5.76. The molecular weight excluding hydrogens is 434 g/mol. The summed E-state index contributed by atoms with van der Waals surface area (Å²) in [5.41, 5.74) is 2.05. The first-order chi connectivity index (χ1) is 17.2. The van der Waals surface area contributed by atoms with E-state index in [0.717, 1.165) is 79.8 Å². The van der Waals surface area contributed by atoms with Crippen LogP contribution >= 0.6 is 0 Å². The lowest BCUT2D eigenvalue weighted by molar-refractivity contribution is -0.944. The number of hydrogen-bond acceptors (Lipinski definition) is 3. The van der Waals surface area contributed by atoms with Crippen LogP contribution in [0.5, 0.6) is 5.75 Å². The molecule has 182 valence electrons. The van der Waals surface area contributed by atoms with Crippen LogP contribution in [0.15, 0.2) is 91.0 Å². The number of esters is 1. The smallest absolute Gasteiger partial charge is 0.307 e. The fraction of sp³-hybridized carbons (Fsp3) is 0.387. The molecule has 0 atom stereocenters. The van der Waals surface area contributed by atoms with E-state index in [2.05, 4.69) is 24.3 Å². The summed E-state index contributed by atoms with van der Waals surface area (Å²) in [5.74, 6) is 0.897. The van der Waals surface area contributed by atoms with Crippen LogP contribution < -0.4 is 4.74 Å². The Balaban J connectivity index is 1.15. The van der Waals surface area contributed by atoms with Crippen molar-refractivity contribution in [3.63, 3.8) is 0 Å². The molecule has 4 nitrogen and oxygen atoms in total. The van der Waals surface area contributed by atoms with Crippen LogP contribution in [0.2, 0.25) is 0 Å². The summed E-state index contributed by atoms with van der Waals surface area (Å²) in [6.07, 6.45) is 4.35. The number of benzene rings is 3. The lowest BCUT2D eigenvalue weighted by atomic mass is 9.80. The SMILES string of the molecule is O=C(CC(c1ccccc1)c1ccccc1)OC12CC[N+](CCCOc3ccccc3)(CC1)CC2. The first-order valence-electron chi connectivity index (χ1n) is 13.0. The number of carbonyl (C=O) groups is 1. The van der Waals surface area contributed by atoms with Gasteiger partial charge < -0.3 is 14.0 Å². The maximum Gasteiger partial charge on any atom is 0.307 e. The molecule has 3 heterocycles. The molecule has 35 heavy (non-hydrogen) atoms. The van der Waals surface area contributed by atoms with Crippen LogP contribution in [0.4, 0.5) is 0 Å². The van der Waals surface area contributed by atoms with Crippen LogP contribution in [0, 0.1) is 0 Å². The number of piperidine rings is 3. The van der Waals surface area contributed by atoms with Crippen molar-refractivity contribution < 1.29 is 18.8 Å². The first kappa shape index (κ1) is 23.6. The third-order valence-electron chi connectivity index (χ3n) is 8.02. The largest absolute Gasteiger partial charge is 0.493 e. The van der Waals surface area contributed by atoms with Crippen molar-refractivity contribution in [1.82, 2.24) is 0 Å². The Labute approximate surface area is 209 Å². The second-order valence-corrected chi connectivity index (χ2v) is 10.2. The Morgan fingerprint density at radius 3 is 1.83 bits per heavy atom. The van der Waals surface area contributed by atoms with Crippen molar-refractivity contribution in [2.75, 3.05) is 32.8 Å². The number of rotatable bonds is 10. The van der Waals surface area contributed by atoms with E-state index < -0.39 is 0 Å². The maximum absolute atomic E-state index is 13.2. The van der Waals surface area contributed by atoms with Gasteiger partial charge in [0.2, 0.25) is 0 Å². The summed E-state index contributed by atoms with van der Waals surface area (Å²) in [4.78, 5) is 13.2. The summed E-state index contributed by atoms with van der Waals surface area (Å²) in [6.45, 7) is 5.18. The summed E-state index contributed by atoms with van der Waals surface area (Å²) in [5, 5.41) is 0. The van der Waals surface area contributed by atoms with Gasteiger partial charge in [-0.1, -0.05) is 78.9 Å². The molecule has 0 N–H and O–H groups in total. The Morgan fingerprint density at radius 2 is 1.29 bits per heavy atom. The van der Waals surface area contributed by atoms with E-state index in [9.17, 15) is 4.79 Å². The zero-order valence-electron chi connectivity index (χ0n) is 20.5. The Hall–Kier alpha value is -3.11. The second kappa shape index (κ2) is 10.7. The molecule has 0 unspecified atom stereocenters. The zero-order valence-corrected chi connectivity index (χ0v) is 20.5. The number of para-hydroxylation sites is 1. The van der Waals surface area contributed by atoms with Gasteiger partial charge in [0.25, 0.3) is 0 Å². The topological polar surface area (TPSA) is 35.5 Å². The number of carbonyl (C=O) groups excluding carboxylic acids is 1. The minimum atomic E-state index is -0.268. The molecule has 3 aromatic rings. The number of fused-ring (bicyclic) bond motifs is 3. The van der Waals surface area contributed by atoms with Gasteiger partial charge in [0.05, 0.1) is 39.2 Å². The normalized spacial score (nSPS) is 23.2. The van der Waals surface area contributed by atoms with Gasteiger partial charge in [0.1, 0.15) is 11.4 Å². The van der Waals surface area contributed by atoms with Gasteiger partial charge in [-0.25, -0.2) is 0 Å². The van der Waals surface area contributed by atoms with E-state index in [1.165, 1.54) is 0 Å². The Bertz CT molecular complexity index is 1020. The van der Waals surface area contributed by atoms with Crippen LogP contribution in [0.25, 0.3) is 0 Å². The highest BCUT2D eigenvalue weighted by Gasteiger charge is 2.51. The van der Waals surface area contributed by atoms with Gasteiger partial charge in [0, 0.05) is 31.6 Å². The molecule has 0 spiro atoms. The van der Waals surface area contributed by atoms with Gasteiger partial charge in [-0.3, -0.25) is 4.79 Å². The van der Waals surface area contributed by atoms with E-state index in [1.807, 2.05) is 66.7 Å². The molecule has 3 fully saturated rings. The van der Waals surface area contributed by atoms with Crippen molar-refractivity contribution in [3.8, 4) is 5.75 Å². The molecule has 0 radical (unpaired) electrons. The molecule has 6 rings (SSSR count). The van der Waals surface area contributed by atoms with Crippen LogP contribution in [0.1, 0.15) is 49.1 Å². The van der Waals surface area contributed by atoms with Crippen molar-refractivity contribution in [3.05, 3.63) is 102 Å². The number of ether oxygens (including phenoxy) is 2. The molecule has 0 amide bonds. The van der Waals surface area contributed by atoms with Crippen LogP contribution in [0.3, 0.4) is 0 Å². The highest BCUT2D eigenvalue weighted by molar-refractivity contribution is 5.72. The molecule has 3 saturated heterocycles. The highest BCUT2D eigenvalue weighted by atomic mass is 16.6. The van der Waals surface area contributed by atoms with Gasteiger partial charge >= 0.3 is 5.97 Å². The van der Waals surface area contributed by atoms with E-state index in [1.54, 1.807) is 0 Å². The minimum Gasteiger partial charge on any atom is -0.493 e. The lowest BCUT2D eigenvalue weighted by Crippen LogP contribution is -2.65. The van der Waals surface area contributed by atoms with Crippen LogP contribution in [-0.4, -0.2) is 48.8 Å². The number of quaternary nitrogens is 1. The van der Waals surface area contributed by atoms with Crippen LogP contribution in [-0.2, 0) is 9.53 Å². The van der Waals surface area contributed by atoms with Crippen molar-refractivity contribution in [2.45, 2.75) is 43.6 Å². The maximum atomic E-state index is 13.2. The number of hydrogen-bond donors (Lipinski definition) is 0. The second-order valence-electron chi connectivity index (χ2n) is 10.2. The quantitative estimate of drug-likeness (QED) is 0.208. The molecular formula is C31H36NO3+. The molecule has 4 heteroatoms. The van der Waals surface area contributed by atoms with Gasteiger partial charge in [0.15, 0.2) is 0 Å². The van der Waals surface area contributed by atoms with Crippen molar-refractivity contribution >= 4 is 5.97 Å². The molecule has 0 saturated carbocycles. The van der Waals surface area contributed by atoms with E-state index in [0.29, 0.717) is 6.42 Å². The first-order valence-corrected chi connectivity index (χ1v) is 13.0. The van der Waals surface area contributed by atoms with Crippen molar-refractivity contribution in [2.24, 2.45) is 0 Å². The van der Waals surface area contributed by atoms with Gasteiger partial charge in [-0.15, -0.1) is 0 Å². The minimum absolute atomic E-state index is 0.0213. The fourth-order valence-corrected chi connectivity index (χ4v) is 5.88. The number of nitrogens with zero attached hydrogens (tertiary/aromatic N) is 1. The van der Waals surface area contributed by atoms with E-state index in [-0.39, 0.29) is 17.5 Å². The van der Waals surface area contributed by atoms with E-state index >= 15 is 0 Å². The molecule has 0 aromatic heterocycles. The summed E-state index contributed by atoms with van der Waals surface area (Å²) in [6, 6.07) is 30.7. The highest BCUT2D eigenvalue weighted by Crippen LogP contribution is 2.41. The third-order valence-corrected chi connectivity index (χ3v) is 8.02. The summed E-state index contributed by atoms with van der Waals surface area (Å²) >= 11 is 0. The standard InChI is InChI=1S/C31H36NO3/c33-30(25-29(26-11-4-1-5-12-26)27-13-6-2-7-14-27)35-31-17-21-32(22-18-31,23-19-31)20-10-24-34-28-15-8-3-9-16-28/h1-9,11-16,29H,10,17-25H2/q+1. The summed E-state index contributed by atoms with van der Waals surface area (Å²) in [7, 11) is 0. The molecule has 2 bridgehead atoms. The molecule has 3 aromatic carbocycles. The molecule has 0 aliphatic carbocycles. The van der Waals surface area contributed by atoms with Gasteiger partial charge in [-0.05, 0) is 23.3 Å². The monoisotopic (exact) mass is 470 g/mol.